The maximum absolute atomic E-state index is 11.4. The summed E-state index contributed by atoms with van der Waals surface area (Å²) in [6, 6.07) is 0. The molecule has 0 bridgehead atoms. The third-order valence-corrected chi connectivity index (χ3v) is 11.9. The van der Waals surface area contributed by atoms with Crippen molar-refractivity contribution in [3.63, 3.8) is 0 Å². The first-order chi connectivity index (χ1) is 15.0. The zero-order valence-corrected chi connectivity index (χ0v) is 21.7. The molecule has 8 atom stereocenters. The zero-order chi connectivity index (χ0) is 23.5. The van der Waals surface area contributed by atoms with Gasteiger partial charge in [0.2, 0.25) is 0 Å². The number of hydrogen-bond donors (Lipinski definition) is 1. The fourth-order valence-electron chi connectivity index (χ4n) is 10.2. The molecule has 0 amide bonds. The van der Waals surface area contributed by atoms with Gasteiger partial charge in [-0.05, 0) is 123 Å². The van der Waals surface area contributed by atoms with Crippen molar-refractivity contribution in [2.75, 3.05) is 0 Å². The molecule has 4 rings (SSSR count). The molecule has 4 fully saturated rings. The van der Waals surface area contributed by atoms with E-state index < -0.39 is 5.97 Å². The summed E-state index contributed by atoms with van der Waals surface area (Å²) < 4.78 is 0. The molecule has 0 unspecified atom stereocenters. The van der Waals surface area contributed by atoms with Crippen LogP contribution in [0, 0.1) is 45.3 Å². The van der Waals surface area contributed by atoms with E-state index in [0.717, 1.165) is 23.3 Å². The van der Waals surface area contributed by atoms with E-state index >= 15 is 0 Å². The topological polar surface area (TPSA) is 37.3 Å². The number of hydrogen-bond acceptors (Lipinski definition) is 1. The van der Waals surface area contributed by atoms with Crippen molar-refractivity contribution < 1.29 is 9.90 Å². The van der Waals surface area contributed by atoms with Crippen LogP contribution in [0.5, 0.6) is 0 Å². The van der Waals surface area contributed by atoms with Gasteiger partial charge >= 0.3 is 5.97 Å². The molecule has 0 radical (unpaired) electrons. The van der Waals surface area contributed by atoms with Crippen molar-refractivity contribution in [3.8, 4) is 0 Å². The van der Waals surface area contributed by atoms with Crippen LogP contribution in [0.4, 0.5) is 0 Å². The number of carboxylic acids is 1. The van der Waals surface area contributed by atoms with Crippen molar-refractivity contribution in [3.05, 3.63) is 23.8 Å². The Hall–Kier alpha value is -1.05. The highest BCUT2D eigenvalue weighted by Gasteiger charge is 2.79. The molecule has 4 saturated carbocycles. The van der Waals surface area contributed by atoms with E-state index in [-0.39, 0.29) is 6.42 Å². The Kier molecular flexibility index (Phi) is 6.04. The average molecular weight is 441 g/mol. The Morgan fingerprint density at radius 1 is 1.12 bits per heavy atom. The van der Waals surface area contributed by atoms with Crippen LogP contribution in [0.25, 0.3) is 0 Å². The maximum atomic E-state index is 11.4. The normalized spacial score (nSPS) is 45.2. The van der Waals surface area contributed by atoms with E-state index in [4.69, 9.17) is 0 Å². The predicted molar refractivity (Wildman–Crippen MR) is 133 cm³/mol. The maximum Gasteiger partial charge on any atom is 0.307 e. The smallest absolute Gasteiger partial charge is 0.307 e. The Balaban J connectivity index is 1.57. The van der Waals surface area contributed by atoms with Gasteiger partial charge in [-0.15, -0.1) is 0 Å². The highest BCUT2D eigenvalue weighted by atomic mass is 16.4. The van der Waals surface area contributed by atoms with Gasteiger partial charge in [-0.1, -0.05) is 51.5 Å². The minimum absolute atomic E-state index is 0.160. The van der Waals surface area contributed by atoms with E-state index in [1.54, 1.807) is 0 Å². The largest absolute Gasteiger partial charge is 0.481 e. The number of allylic oxidation sites excluding steroid dienone is 2. The molecule has 1 spiro atoms. The Morgan fingerprint density at radius 2 is 1.84 bits per heavy atom. The number of carboxylic acid groups (broad SMARTS) is 1. The Bertz CT molecular complexity index is 806. The van der Waals surface area contributed by atoms with Crippen molar-refractivity contribution >= 4 is 5.97 Å². The molecule has 0 aromatic rings. The van der Waals surface area contributed by atoms with Crippen molar-refractivity contribution in [1.82, 2.24) is 0 Å². The second-order valence-corrected chi connectivity index (χ2v) is 13.1. The lowest BCUT2D eigenvalue weighted by Crippen LogP contribution is -2.54. The van der Waals surface area contributed by atoms with Crippen molar-refractivity contribution in [2.24, 2.45) is 45.3 Å². The third kappa shape index (κ3) is 3.21. The molecule has 0 saturated heterocycles. The SMILES string of the molecule is C=C(CC(=O)O)[C@@H]1CC[C@@H]2[C@]3(CC[C@]4(C)[C@@H]([C@H](C)CCC=C(C)C)CC[C@@]24C)C[C@]13CC. The summed E-state index contributed by atoms with van der Waals surface area (Å²) in [7, 11) is 0. The van der Waals surface area contributed by atoms with Gasteiger partial charge in [0.15, 0.2) is 0 Å². The van der Waals surface area contributed by atoms with Gasteiger partial charge in [0.25, 0.3) is 0 Å². The highest BCUT2D eigenvalue weighted by Crippen LogP contribution is 2.87. The molecule has 4 aliphatic carbocycles. The lowest BCUT2D eigenvalue weighted by molar-refractivity contribution is -0.137. The molecule has 1 N–H and O–H groups in total. The van der Waals surface area contributed by atoms with E-state index in [0.29, 0.717) is 27.6 Å². The van der Waals surface area contributed by atoms with Gasteiger partial charge in [0.1, 0.15) is 0 Å². The summed E-state index contributed by atoms with van der Waals surface area (Å²) in [4.78, 5) is 11.4. The van der Waals surface area contributed by atoms with Gasteiger partial charge < -0.3 is 5.11 Å². The van der Waals surface area contributed by atoms with E-state index in [1.807, 2.05) is 0 Å². The van der Waals surface area contributed by atoms with Crippen LogP contribution in [0.15, 0.2) is 23.8 Å². The molecule has 0 aromatic heterocycles. The average Bonchev–Trinajstić information content (AvgIpc) is 3.31. The van der Waals surface area contributed by atoms with Gasteiger partial charge in [-0.2, -0.15) is 0 Å². The van der Waals surface area contributed by atoms with Gasteiger partial charge in [-0.25, -0.2) is 0 Å². The number of fused-ring (bicyclic) bond motifs is 2. The second-order valence-electron chi connectivity index (χ2n) is 13.1. The molecule has 2 nitrogen and oxygen atoms in total. The van der Waals surface area contributed by atoms with Gasteiger partial charge in [0, 0.05) is 0 Å². The quantitative estimate of drug-likeness (QED) is 0.384. The summed E-state index contributed by atoms with van der Waals surface area (Å²) >= 11 is 0. The lowest BCUT2D eigenvalue weighted by Gasteiger charge is -2.61. The third-order valence-electron chi connectivity index (χ3n) is 11.9. The number of carbonyl (C=O) groups is 1. The van der Waals surface area contributed by atoms with Crippen LogP contribution in [-0.2, 0) is 4.79 Å². The summed E-state index contributed by atoms with van der Waals surface area (Å²) in [5.74, 6) is 2.19. The first-order valence-electron chi connectivity index (χ1n) is 13.5. The summed E-state index contributed by atoms with van der Waals surface area (Å²) in [6.45, 7) is 19.0. The highest BCUT2D eigenvalue weighted by molar-refractivity contribution is 5.70. The molecule has 32 heavy (non-hydrogen) atoms. The van der Waals surface area contributed by atoms with Crippen molar-refractivity contribution in [2.45, 2.75) is 112 Å². The van der Waals surface area contributed by atoms with Crippen LogP contribution >= 0.6 is 0 Å². The molecule has 180 valence electrons. The van der Waals surface area contributed by atoms with Gasteiger partial charge in [-0.3, -0.25) is 4.79 Å². The van der Waals surface area contributed by atoms with E-state index in [1.165, 1.54) is 69.8 Å². The first-order valence-corrected chi connectivity index (χ1v) is 13.5. The molecular formula is C30H48O2. The molecule has 4 aliphatic rings. The fourth-order valence-corrected chi connectivity index (χ4v) is 10.2. The molecule has 0 aromatic carbocycles. The summed E-state index contributed by atoms with van der Waals surface area (Å²) in [5, 5.41) is 9.41. The summed E-state index contributed by atoms with van der Waals surface area (Å²) in [6.07, 6.45) is 15.7. The van der Waals surface area contributed by atoms with E-state index in [9.17, 15) is 9.90 Å². The molecule has 2 heteroatoms. The van der Waals surface area contributed by atoms with Crippen LogP contribution in [-0.4, -0.2) is 11.1 Å². The standard InChI is InChI=1S/C30H48O2/c1-8-29-19-30(29)17-16-27(6)23(21(4)11-9-10-20(2)3)14-15-28(27,7)25(30)13-12-24(29)22(5)18-26(31)32/h10,21,23-25H,5,8-9,11-19H2,1-4,6-7H3,(H,31,32)/t21-,23-,24+,25+,27-,28+,29-,30+/m1/s1. The first kappa shape index (κ1) is 24.1. The zero-order valence-electron chi connectivity index (χ0n) is 21.7. The van der Waals surface area contributed by atoms with Crippen LogP contribution in [0.3, 0.4) is 0 Å². The molecular weight excluding hydrogens is 392 g/mol. The second kappa shape index (κ2) is 8.02. The van der Waals surface area contributed by atoms with Crippen LogP contribution in [0.2, 0.25) is 0 Å². The summed E-state index contributed by atoms with van der Waals surface area (Å²) in [5.41, 5.74) is 4.15. The minimum atomic E-state index is -0.706. The monoisotopic (exact) mass is 440 g/mol. The number of aliphatic carboxylic acids is 1. The van der Waals surface area contributed by atoms with Crippen LogP contribution in [0.1, 0.15) is 112 Å². The molecule has 0 aliphatic heterocycles. The van der Waals surface area contributed by atoms with Crippen LogP contribution < -0.4 is 0 Å². The number of rotatable bonds is 8. The Labute approximate surface area is 197 Å². The molecule has 0 heterocycles. The fraction of sp³-hybridized carbons (Fsp3) is 0.833. The predicted octanol–water partition coefficient (Wildman–Crippen LogP) is 8.43. The van der Waals surface area contributed by atoms with Gasteiger partial charge in [0.05, 0.1) is 6.42 Å². The van der Waals surface area contributed by atoms with E-state index in [2.05, 4.69) is 54.2 Å². The lowest BCUT2D eigenvalue weighted by atomic mass is 9.43. The van der Waals surface area contributed by atoms with Crippen molar-refractivity contribution in [1.29, 1.82) is 0 Å². The Morgan fingerprint density at radius 3 is 2.47 bits per heavy atom. The minimum Gasteiger partial charge on any atom is -0.481 e.